The number of benzene rings is 1. The predicted octanol–water partition coefficient (Wildman–Crippen LogP) is 2.69. The van der Waals surface area contributed by atoms with Crippen LogP contribution < -0.4 is 20.1 Å². The molecule has 1 aromatic carbocycles. The number of nitrogens with one attached hydrogen (secondary N) is 2. The number of carbonyl (C=O) groups excluding carboxylic acids is 2. The van der Waals surface area contributed by atoms with Gasteiger partial charge in [0.2, 0.25) is 11.8 Å². The SMILES string of the molecule is COc1ccc(NC(=O)Cc2csc(NC(=O)C3CC3)n2)cc1OC. The molecule has 0 saturated heterocycles. The van der Waals surface area contributed by atoms with Crippen LogP contribution in [0.4, 0.5) is 10.8 Å². The molecule has 25 heavy (non-hydrogen) atoms. The van der Waals surface area contributed by atoms with Gasteiger partial charge in [-0.2, -0.15) is 0 Å². The minimum atomic E-state index is -0.197. The molecule has 1 aliphatic carbocycles. The van der Waals surface area contributed by atoms with Crippen molar-refractivity contribution in [2.24, 2.45) is 5.92 Å². The smallest absolute Gasteiger partial charge is 0.230 e. The summed E-state index contributed by atoms with van der Waals surface area (Å²) in [5.41, 5.74) is 1.23. The van der Waals surface area contributed by atoms with Crippen molar-refractivity contribution in [1.29, 1.82) is 0 Å². The Kier molecular flexibility index (Phi) is 5.18. The van der Waals surface area contributed by atoms with Crippen molar-refractivity contribution in [2.75, 3.05) is 24.9 Å². The summed E-state index contributed by atoms with van der Waals surface area (Å²) >= 11 is 1.32. The Balaban J connectivity index is 1.57. The lowest BCUT2D eigenvalue weighted by atomic mass is 10.2. The summed E-state index contributed by atoms with van der Waals surface area (Å²) < 4.78 is 10.4. The van der Waals surface area contributed by atoms with Gasteiger partial charge in [0.25, 0.3) is 0 Å². The fourth-order valence-corrected chi connectivity index (χ4v) is 3.00. The summed E-state index contributed by atoms with van der Waals surface area (Å²) in [6, 6.07) is 5.16. The standard InChI is InChI=1S/C17H19N3O4S/c1-23-13-6-5-11(7-14(13)24-2)18-15(21)8-12-9-25-17(19-12)20-16(22)10-3-4-10/h5-7,9-10H,3-4,8H2,1-2H3,(H,18,21)(H,19,20,22). The number of ether oxygens (including phenoxy) is 2. The van der Waals surface area contributed by atoms with Gasteiger partial charge in [0.15, 0.2) is 16.6 Å². The molecule has 0 aliphatic heterocycles. The van der Waals surface area contributed by atoms with Gasteiger partial charge < -0.3 is 20.1 Å². The van der Waals surface area contributed by atoms with E-state index < -0.39 is 0 Å². The lowest BCUT2D eigenvalue weighted by Crippen LogP contribution is -2.15. The van der Waals surface area contributed by atoms with E-state index in [1.54, 1.807) is 30.7 Å². The van der Waals surface area contributed by atoms with Crippen LogP contribution in [0.5, 0.6) is 11.5 Å². The second-order valence-electron chi connectivity index (χ2n) is 5.70. The molecule has 0 atom stereocenters. The van der Waals surface area contributed by atoms with Crippen LogP contribution >= 0.6 is 11.3 Å². The Morgan fingerprint density at radius 3 is 2.64 bits per heavy atom. The average Bonchev–Trinajstić information content (AvgIpc) is 3.37. The zero-order valence-electron chi connectivity index (χ0n) is 14.0. The first-order valence-electron chi connectivity index (χ1n) is 7.86. The van der Waals surface area contributed by atoms with Crippen molar-refractivity contribution < 1.29 is 19.1 Å². The third kappa shape index (κ3) is 4.48. The quantitative estimate of drug-likeness (QED) is 0.791. The lowest BCUT2D eigenvalue weighted by molar-refractivity contribution is -0.117. The molecule has 2 N–H and O–H groups in total. The van der Waals surface area contributed by atoms with E-state index in [9.17, 15) is 9.59 Å². The lowest BCUT2D eigenvalue weighted by Gasteiger charge is -2.10. The summed E-state index contributed by atoms with van der Waals surface area (Å²) in [5, 5.41) is 7.89. The number of aromatic nitrogens is 1. The molecular formula is C17H19N3O4S. The van der Waals surface area contributed by atoms with E-state index in [1.807, 2.05) is 0 Å². The largest absolute Gasteiger partial charge is 0.493 e. The highest BCUT2D eigenvalue weighted by Gasteiger charge is 2.30. The summed E-state index contributed by atoms with van der Waals surface area (Å²) in [6.45, 7) is 0. The van der Waals surface area contributed by atoms with E-state index >= 15 is 0 Å². The molecule has 0 unspecified atom stereocenters. The van der Waals surface area contributed by atoms with Crippen molar-refractivity contribution in [1.82, 2.24) is 4.98 Å². The third-order valence-corrected chi connectivity index (χ3v) is 4.55. The summed E-state index contributed by atoms with van der Waals surface area (Å²) in [4.78, 5) is 28.2. The number of rotatable bonds is 7. The molecule has 3 rings (SSSR count). The molecule has 1 aromatic heterocycles. The maximum Gasteiger partial charge on any atom is 0.230 e. The second kappa shape index (κ2) is 7.52. The number of anilines is 2. The summed E-state index contributed by atoms with van der Waals surface area (Å²) in [7, 11) is 3.09. The van der Waals surface area contributed by atoms with Crippen molar-refractivity contribution in [2.45, 2.75) is 19.3 Å². The second-order valence-corrected chi connectivity index (χ2v) is 6.56. The van der Waals surface area contributed by atoms with E-state index in [4.69, 9.17) is 9.47 Å². The molecule has 0 bridgehead atoms. The Bertz CT molecular complexity index is 786. The van der Waals surface area contributed by atoms with Crippen LogP contribution in [0.1, 0.15) is 18.5 Å². The molecular weight excluding hydrogens is 342 g/mol. The van der Waals surface area contributed by atoms with E-state index in [-0.39, 0.29) is 24.2 Å². The highest BCUT2D eigenvalue weighted by molar-refractivity contribution is 7.13. The number of methoxy groups -OCH3 is 2. The number of carbonyl (C=O) groups is 2. The minimum absolute atomic E-state index is 0.00989. The van der Waals surface area contributed by atoms with Crippen molar-refractivity contribution in [3.8, 4) is 11.5 Å². The zero-order chi connectivity index (χ0) is 17.8. The Labute approximate surface area is 149 Å². The van der Waals surface area contributed by atoms with E-state index in [2.05, 4.69) is 15.6 Å². The molecule has 2 amide bonds. The first kappa shape index (κ1) is 17.2. The summed E-state index contributed by atoms with van der Waals surface area (Å²) in [5.74, 6) is 1.07. The molecule has 0 spiro atoms. The van der Waals surface area contributed by atoms with Gasteiger partial charge in [0.1, 0.15) is 0 Å². The van der Waals surface area contributed by atoms with E-state index in [0.717, 1.165) is 12.8 Å². The maximum absolute atomic E-state index is 12.2. The van der Waals surface area contributed by atoms with Gasteiger partial charge in [-0.25, -0.2) is 4.98 Å². The number of hydrogen-bond donors (Lipinski definition) is 2. The molecule has 1 heterocycles. The first-order valence-corrected chi connectivity index (χ1v) is 8.74. The van der Waals surface area contributed by atoms with Crippen LogP contribution in [0.25, 0.3) is 0 Å². The normalized spacial score (nSPS) is 13.2. The van der Waals surface area contributed by atoms with Crippen molar-refractivity contribution >= 4 is 34.0 Å². The van der Waals surface area contributed by atoms with Crippen molar-refractivity contribution in [3.05, 3.63) is 29.3 Å². The molecule has 8 heteroatoms. The molecule has 2 aromatic rings. The van der Waals surface area contributed by atoms with Crippen LogP contribution in [-0.2, 0) is 16.0 Å². The van der Waals surface area contributed by atoms with E-state index in [0.29, 0.717) is 28.0 Å². The number of nitrogens with zero attached hydrogens (tertiary/aromatic N) is 1. The average molecular weight is 361 g/mol. The van der Waals surface area contributed by atoms with Crippen LogP contribution in [0.2, 0.25) is 0 Å². The van der Waals surface area contributed by atoms with Gasteiger partial charge in [-0.1, -0.05) is 0 Å². The van der Waals surface area contributed by atoms with Gasteiger partial charge in [-0.3, -0.25) is 9.59 Å². The molecule has 0 radical (unpaired) electrons. The zero-order valence-corrected chi connectivity index (χ0v) is 14.8. The fraction of sp³-hybridized carbons (Fsp3) is 0.353. The maximum atomic E-state index is 12.2. The number of thiazole rings is 1. The van der Waals surface area contributed by atoms with Gasteiger partial charge in [0.05, 0.1) is 26.3 Å². The van der Waals surface area contributed by atoms with Crippen LogP contribution in [-0.4, -0.2) is 31.0 Å². The van der Waals surface area contributed by atoms with Gasteiger partial charge >= 0.3 is 0 Å². The Morgan fingerprint density at radius 1 is 1.20 bits per heavy atom. The van der Waals surface area contributed by atoms with Gasteiger partial charge in [-0.05, 0) is 25.0 Å². The molecule has 1 saturated carbocycles. The molecule has 7 nitrogen and oxygen atoms in total. The number of hydrogen-bond acceptors (Lipinski definition) is 6. The van der Waals surface area contributed by atoms with Crippen LogP contribution in [0.15, 0.2) is 23.6 Å². The molecule has 1 aliphatic rings. The first-order chi connectivity index (χ1) is 12.1. The minimum Gasteiger partial charge on any atom is -0.493 e. The highest BCUT2D eigenvalue weighted by Crippen LogP contribution is 2.31. The Hall–Kier alpha value is -2.61. The number of amides is 2. The van der Waals surface area contributed by atoms with Gasteiger partial charge in [0, 0.05) is 23.1 Å². The van der Waals surface area contributed by atoms with Gasteiger partial charge in [-0.15, -0.1) is 11.3 Å². The van der Waals surface area contributed by atoms with Crippen LogP contribution in [0.3, 0.4) is 0 Å². The predicted molar refractivity (Wildman–Crippen MR) is 95.3 cm³/mol. The Morgan fingerprint density at radius 2 is 1.96 bits per heavy atom. The fourth-order valence-electron chi connectivity index (χ4n) is 2.28. The highest BCUT2D eigenvalue weighted by atomic mass is 32.1. The summed E-state index contributed by atoms with van der Waals surface area (Å²) in [6.07, 6.45) is 2.01. The topological polar surface area (TPSA) is 89.6 Å². The molecule has 1 fully saturated rings. The van der Waals surface area contributed by atoms with Crippen molar-refractivity contribution in [3.63, 3.8) is 0 Å². The third-order valence-electron chi connectivity index (χ3n) is 3.74. The van der Waals surface area contributed by atoms with Crippen LogP contribution in [0, 0.1) is 5.92 Å². The monoisotopic (exact) mass is 361 g/mol. The molecule has 132 valence electrons. The van der Waals surface area contributed by atoms with E-state index in [1.165, 1.54) is 18.4 Å².